The van der Waals surface area contributed by atoms with Crippen LogP contribution < -0.4 is 5.32 Å². The van der Waals surface area contributed by atoms with E-state index in [1.807, 2.05) is 12.1 Å². The van der Waals surface area contributed by atoms with Gasteiger partial charge in [-0.1, -0.05) is 6.07 Å². The maximum atomic E-state index is 11.7. The molecule has 2 heterocycles. The smallest absolute Gasteiger partial charge is 0.287 e. The van der Waals surface area contributed by atoms with E-state index in [1.165, 1.54) is 13.2 Å². The zero-order chi connectivity index (χ0) is 15.1. The summed E-state index contributed by atoms with van der Waals surface area (Å²) in [4.78, 5) is 29.0. The molecule has 2 aromatic rings. The summed E-state index contributed by atoms with van der Waals surface area (Å²) in [5, 5.41) is 2.71. The molecule has 0 aromatic carbocycles. The van der Waals surface area contributed by atoms with Crippen molar-refractivity contribution in [2.45, 2.75) is 13.5 Å². The zero-order valence-corrected chi connectivity index (χ0v) is 11.8. The number of nitrogens with zero attached hydrogens (tertiary/aromatic N) is 2. The molecule has 21 heavy (non-hydrogen) atoms. The maximum absolute atomic E-state index is 11.7. The van der Waals surface area contributed by atoms with Gasteiger partial charge in [0.15, 0.2) is 5.76 Å². The van der Waals surface area contributed by atoms with Gasteiger partial charge in [0, 0.05) is 39.0 Å². The molecule has 2 amide bonds. The van der Waals surface area contributed by atoms with Crippen LogP contribution in [0.15, 0.2) is 47.3 Å². The number of hydrogen-bond donors (Lipinski definition) is 1. The van der Waals surface area contributed by atoms with Crippen molar-refractivity contribution in [2.75, 3.05) is 13.1 Å². The quantitative estimate of drug-likeness (QED) is 0.872. The van der Waals surface area contributed by atoms with Gasteiger partial charge in [-0.3, -0.25) is 14.6 Å². The Morgan fingerprint density at radius 1 is 1.33 bits per heavy atom. The summed E-state index contributed by atoms with van der Waals surface area (Å²) in [7, 11) is 0. The topological polar surface area (TPSA) is 75.4 Å². The summed E-state index contributed by atoms with van der Waals surface area (Å²) in [6, 6.07) is 6.98. The van der Waals surface area contributed by atoms with Crippen LogP contribution in [0, 0.1) is 0 Å². The number of pyridine rings is 1. The van der Waals surface area contributed by atoms with Crippen molar-refractivity contribution in [3.8, 4) is 0 Å². The molecule has 0 aliphatic heterocycles. The summed E-state index contributed by atoms with van der Waals surface area (Å²) < 4.78 is 5.00. The zero-order valence-electron chi connectivity index (χ0n) is 11.8. The molecule has 6 nitrogen and oxygen atoms in total. The second kappa shape index (κ2) is 7.23. The minimum absolute atomic E-state index is 0.0499. The number of rotatable bonds is 6. The molecular weight excluding hydrogens is 270 g/mol. The van der Waals surface area contributed by atoms with Gasteiger partial charge in [0.1, 0.15) is 0 Å². The van der Waals surface area contributed by atoms with Crippen LogP contribution in [0.4, 0.5) is 0 Å². The van der Waals surface area contributed by atoms with Crippen molar-refractivity contribution >= 4 is 11.8 Å². The van der Waals surface area contributed by atoms with Crippen LogP contribution in [0.5, 0.6) is 0 Å². The van der Waals surface area contributed by atoms with E-state index in [9.17, 15) is 9.59 Å². The molecule has 6 heteroatoms. The molecule has 0 radical (unpaired) electrons. The van der Waals surface area contributed by atoms with Crippen molar-refractivity contribution in [3.63, 3.8) is 0 Å². The number of carbonyl (C=O) groups excluding carboxylic acids is 2. The highest BCUT2D eigenvalue weighted by atomic mass is 16.3. The van der Waals surface area contributed by atoms with Crippen molar-refractivity contribution in [3.05, 3.63) is 54.2 Å². The standard InChI is InChI=1S/C15H17N3O3/c1-12(19)18(11-13-4-2-6-16-10-13)8-7-17-15(20)14-5-3-9-21-14/h2-6,9-10H,7-8,11H2,1H3,(H,17,20). The fraction of sp³-hybridized carbons (Fsp3) is 0.267. The molecule has 0 fully saturated rings. The molecule has 2 rings (SSSR count). The summed E-state index contributed by atoms with van der Waals surface area (Å²) >= 11 is 0. The van der Waals surface area contributed by atoms with E-state index < -0.39 is 0 Å². The number of carbonyl (C=O) groups is 2. The van der Waals surface area contributed by atoms with E-state index in [2.05, 4.69) is 10.3 Å². The first kappa shape index (κ1) is 14.8. The van der Waals surface area contributed by atoms with E-state index in [0.717, 1.165) is 5.56 Å². The van der Waals surface area contributed by atoms with Crippen LogP contribution in [0.2, 0.25) is 0 Å². The number of nitrogens with one attached hydrogen (secondary N) is 1. The van der Waals surface area contributed by atoms with Gasteiger partial charge in [-0.2, -0.15) is 0 Å². The molecule has 0 aliphatic rings. The van der Waals surface area contributed by atoms with Gasteiger partial charge in [0.2, 0.25) is 5.91 Å². The van der Waals surface area contributed by atoms with Gasteiger partial charge >= 0.3 is 0 Å². The molecule has 0 atom stereocenters. The molecule has 110 valence electrons. The average Bonchev–Trinajstić information content (AvgIpc) is 3.01. The number of hydrogen-bond acceptors (Lipinski definition) is 4. The first-order valence-electron chi connectivity index (χ1n) is 6.63. The summed E-state index contributed by atoms with van der Waals surface area (Å²) in [6.45, 7) is 2.76. The van der Waals surface area contributed by atoms with Crippen LogP contribution in [0.25, 0.3) is 0 Å². The molecular formula is C15H17N3O3. The fourth-order valence-electron chi connectivity index (χ4n) is 1.86. The van der Waals surface area contributed by atoms with Crippen molar-refractivity contribution in [1.29, 1.82) is 0 Å². The maximum Gasteiger partial charge on any atom is 0.287 e. The SMILES string of the molecule is CC(=O)N(CCNC(=O)c1ccco1)Cc1cccnc1. The largest absolute Gasteiger partial charge is 0.459 e. The minimum Gasteiger partial charge on any atom is -0.459 e. The third-order valence-electron chi connectivity index (χ3n) is 2.95. The Morgan fingerprint density at radius 3 is 2.81 bits per heavy atom. The van der Waals surface area contributed by atoms with E-state index in [4.69, 9.17) is 4.42 Å². The predicted octanol–water partition coefficient (Wildman–Crippen LogP) is 1.45. The van der Waals surface area contributed by atoms with Gasteiger partial charge in [-0.15, -0.1) is 0 Å². The van der Waals surface area contributed by atoms with Crippen molar-refractivity contribution in [2.24, 2.45) is 0 Å². The van der Waals surface area contributed by atoms with Crippen LogP contribution >= 0.6 is 0 Å². The fourth-order valence-corrected chi connectivity index (χ4v) is 1.86. The second-order valence-electron chi connectivity index (χ2n) is 4.54. The van der Waals surface area contributed by atoms with E-state index >= 15 is 0 Å². The average molecular weight is 287 g/mol. The molecule has 0 unspecified atom stereocenters. The molecule has 2 aromatic heterocycles. The van der Waals surface area contributed by atoms with Crippen LogP contribution in [0.3, 0.4) is 0 Å². The highest BCUT2D eigenvalue weighted by molar-refractivity contribution is 5.91. The van der Waals surface area contributed by atoms with E-state index in [0.29, 0.717) is 19.6 Å². The Morgan fingerprint density at radius 2 is 2.19 bits per heavy atom. The Bertz CT molecular complexity index is 581. The Labute approximate surface area is 122 Å². The van der Waals surface area contributed by atoms with Gasteiger partial charge in [0.25, 0.3) is 5.91 Å². The molecule has 0 aliphatic carbocycles. The van der Waals surface area contributed by atoms with Gasteiger partial charge in [-0.25, -0.2) is 0 Å². The Kier molecular flexibility index (Phi) is 5.09. The van der Waals surface area contributed by atoms with Crippen LogP contribution in [0.1, 0.15) is 23.0 Å². The van der Waals surface area contributed by atoms with Crippen molar-refractivity contribution < 1.29 is 14.0 Å². The predicted molar refractivity (Wildman–Crippen MR) is 76.4 cm³/mol. The van der Waals surface area contributed by atoms with Crippen molar-refractivity contribution in [1.82, 2.24) is 15.2 Å². The molecule has 0 saturated heterocycles. The summed E-state index contributed by atoms with van der Waals surface area (Å²) in [5.74, 6) is -0.0763. The number of aromatic nitrogens is 1. The number of amides is 2. The molecule has 0 spiro atoms. The Hall–Kier alpha value is -2.63. The first-order chi connectivity index (χ1) is 10.2. The monoisotopic (exact) mass is 287 g/mol. The lowest BCUT2D eigenvalue weighted by molar-refractivity contribution is -0.129. The number of furan rings is 1. The Balaban J connectivity index is 1.83. The summed E-state index contributed by atoms with van der Waals surface area (Å²) in [6.07, 6.45) is 4.85. The van der Waals surface area contributed by atoms with Gasteiger partial charge < -0.3 is 14.6 Å². The lowest BCUT2D eigenvalue weighted by Gasteiger charge is -2.21. The van der Waals surface area contributed by atoms with E-state index in [1.54, 1.807) is 29.4 Å². The third kappa shape index (κ3) is 4.45. The second-order valence-corrected chi connectivity index (χ2v) is 4.54. The van der Waals surface area contributed by atoms with Crippen LogP contribution in [-0.4, -0.2) is 34.8 Å². The molecule has 1 N–H and O–H groups in total. The first-order valence-corrected chi connectivity index (χ1v) is 6.63. The van der Waals surface area contributed by atoms with Gasteiger partial charge in [-0.05, 0) is 23.8 Å². The lowest BCUT2D eigenvalue weighted by Crippen LogP contribution is -2.37. The highest BCUT2D eigenvalue weighted by Crippen LogP contribution is 2.03. The van der Waals surface area contributed by atoms with Crippen LogP contribution in [-0.2, 0) is 11.3 Å². The molecule has 0 saturated carbocycles. The van der Waals surface area contributed by atoms with E-state index in [-0.39, 0.29) is 17.6 Å². The third-order valence-corrected chi connectivity index (χ3v) is 2.95. The minimum atomic E-state index is -0.287. The highest BCUT2D eigenvalue weighted by Gasteiger charge is 2.11. The van der Waals surface area contributed by atoms with Gasteiger partial charge in [0.05, 0.1) is 6.26 Å². The summed E-state index contributed by atoms with van der Waals surface area (Å²) in [5.41, 5.74) is 0.949. The normalized spacial score (nSPS) is 10.1. The lowest BCUT2D eigenvalue weighted by atomic mass is 10.2. The molecule has 0 bridgehead atoms.